The molecule has 1 N–H and O–H groups in total. The van der Waals surface area contributed by atoms with Gasteiger partial charge < -0.3 is 15.0 Å². The lowest BCUT2D eigenvalue weighted by molar-refractivity contribution is -0.149. The summed E-state index contributed by atoms with van der Waals surface area (Å²) in [5.41, 5.74) is 0. The van der Waals surface area contributed by atoms with E-state index >= 15 is 0 Å². The van der Waals surface area contributed by atoms with E-state index in [-0.39, 0.29) is 24.2 Å². The molecule has 10 heteroatoms. The molecule has 2 rings (SSSR count). The number of nitrogens with one attached hydrogen (secondary N) is 1. The summed E-state index contributed by atoms with van der Waals surface area (Å²) in [4.78, 5) is 18.6. The number of hydrogen-bond acceptors (Lipinski definition) is 6. The number of esters is 1. The summed E-state index contributed by atoms with van der Waals surface area (Å²) in [6.07, 6.45) is 1.70. The number of aliphatic imine (C=N–C) groups is 1. The minimum atomic E-state index is -3.26. The number of sulfonamides is 1. The molecule has 1 unspecified atom stereocenters. The standard InChI is InChI=1S/C17H32N4O4S2/c1-3-18-17(20-8-5-6-15(14-20)16(22)25-4-2)19-7-13-27(23,24)21-9-11-26-12-10-21/h15H,3-14H2,1-2H3,(H,18,19). The third-order valence-corrected chi connectivity index (χ3v) is 7.44. The van der Waals surface area contributed by atoms with Crippen molar-refractivity contribution in [2.45, 2.75) is 26.7 Å². The Kier molecular flexibility index (Phi) is 9.17. The van der Waals surface area contributed by atoms with Crippen molar-refractivity contribution in [2.24, 2.45) is 10.9 Å². The van der Waals surface area contributed by atoms with Crippen LogP contribution in [-0.4, -0.2) is 92.7 Å². The highest BCUT2D eigenvalue weighted by molar-refractivity contribution is 7.99. The van der Waals surface area contributed by atoms with Gasteiger partial charge in [0.05, 0.1) is 24.8 Å². The highest BCUT2D eigenvalue weighted by atomic mass is 32.2. The molecule has 2 saturated heterocycles. The number of thioether (sulfide) groups is 1. The van der Waals surface area contributed by atoms with Gasteiger partial charge in [-0.15, -0.1) is 0 Å². The first-order chi connectivity index (χ1) is 13.0. The molecule has 1 atom stereocenters. The Morgan fingerprint density at radius 2 is 2.00 bits per heavy atom. The van der Waals surface area contributed by atoms with Gasteiger partial charge in [0.2, 0.25) is 10.0 Å². The van der Waals surface area contributed by atoms with Gasteiger partial charge in [-0.05, 0) is 26.7 Å². The van der Waals surface area contributed by atoms with Crippen LogP contribution in [0.3, 0.4) is 0 Å². The maximum atomic E-state index is 12.5. The van der Waals surface area contributed by atoms with Crippen molar-refractivity contribution in [1.29, 1.82) is 0 Å². The molecule has 0 saturated carbocycles. The summed E-state index contributed by atoms with van der Waals surface area (Å²) >= 11 is 1.79. The molecule has 0 aromatic rings. The van der Waals surface area contributed by atoms with Gasteiger partial charge in [0, 0.05) is 44.2 Å². The molecule has 2 aliphatic rings. The number of carbonyl (C=O) groups excluding carboxylic acids is 1. The maximum absolute atomic E-state index is 12.5. The van der Waals surface area contributed by atoms with Gasteiger partial charge in [0.1, 0.15) is 0 Å². The number of nitrogens with zero attached hydrogens (tertiary/aromatic N) is 3. The Hall–Kier alpha value is -1.00. The van der Waals surface area contributed by atoms with E-state index in [0.717, 1.165) is 30.9 Å². The van der Waals surface area contributed by atoms with Crippen LogP contribution in [0.2, 0.25) is 0 Å². The maximum Gasteiger partial charge on any atom is 0.310 e. The summed E-state index contributed by atoms with van der Waals surface area (Å²) in [5, 5.41) is 3.22. The highest BCUT2D eigenvalue weighted by Gasteiger charge is 2.29. The van der Waals surface area contributed by atoms with Crippen LogP contribution in [0.15, 0.2) is 4.99 Å². The van der Waals surface area contributed by atoms with Gasteiger partial charge in [-0.25, -0.2) is 12.7 Å². The van der Waals surface area contributed by atoms with Gasteiger partial charge in [0.25, 0.3) is 0 Å². The predicted molar refractivity (Wildman–Crippen MR) is 110 cm³/mol. The van der Waals surface area contributed by atoms with Crippen LogP contribution in [0, 0.1) is 5.92 Å². The van der Waals surface area contributed by atoms with Crippen LogP contribution in [0.1, 0.15) is 26.7 Å². The van der Waals surface area contributed by atoms with Gasteiger partial charge >= 0.3 is 5.97 Å². The van der Waals surface area contributed by atoms with Crippen molar-refractivity contribution >= 4 is 33.7 Å². The Bertz CT molecular complexity index is 606. The third-order valence-electron chi connectivity index (χ3n) is 4.65. The molecule has 27 heavy (non-hydrogen) atoms. The largest absolute Gasteiger partial charge is 0.466 e. The molecule has 0 aliphatic carbocycles. The molecule has 8 nitrogen and oxygen atoms in total. The predicted octanol–water partition coefficient (Wildman–Crippen LogP) is 0.606. The first-order valence-corrected chi connectivity index (χ1v) is 12.5. The van der Waals surface area contributed by atoms with Gasteiger partial charge in [0.15, 0.2) is 5.96 Å². The van der Waals surface area contributed by atoms with E-state index in [0.29, 0.717) is 38.7 Å². The lowest BCUT2D eigenvalue weighted by Gasteiger charge is -2.34. The van der Waals surface area contributed by atoms with E-state index in [4.69, 9.17) is 4.74 Å². The zero-order valence-electron chi connectivity index (χ0n) is 16.4. The molecule has 0 aromatic heterocycles. The normalized spacial score (nSPS) is 22.5. The zero-order valence-corrected chi connectivity index (χ0v) is 18.0. The number of guanidine groups is 1. The van der Waals surface area contributed by atoms with Crippen LogP contribution in [0.25, 0.3) is 0 Å². The molecule has 0 spiro atoms. The van der Waals surface area contributed by atoms with E-state index in [1.54, 1.807) is 16.1 Å². The molecule has 156 valence electrons. The van der Waals surface area contributed by atoms with Crippen LogP contribution in [0.4, 0.5) is 0 Å². The Labute approximate surface area is 167 Å². The van der Waals surface area contributed by atoms with Gasteiger partial charge in [-0.2, -0.15) is 11.8 Å². The third kappa shape index (κ3) is 6.83. The van der Waals surface area contributed by atoms with Crippen molar-refractivity contribution in [1.82, 2.24) is 14.5 Å². The van der Waals surface area contributed by atoms with Crippen molar-refractivity contribution in [2.75, 3.05) is 63.1 Å². The fourth-order valence-corrected chi connectivity index (χ4v) is 5.72. The van der Waals surface area contributed by atoms with Gasteiger partial charge in [-0.3, -0.25) is 9.79 Å². The number of ether oxygens (including phenoxy) is 1. The molecule has 0 bridgehead atoms. The Morgan fingerprint density at radius 3 is 2.67 bits per heavy atom. The Balaban J connectivity index is 1.95. The molecule has 2 aliphatic heterocycles. The van der Waals surface area contributed by atoms with Crippen LogP contribution in [0.5, 0.6) is 0 Å². The van der Waals surface area contributed by atoms with Crippen molar-refractivity contribution < 1.29 is 17.9 Å². The monoisotopic (exact) mass is 420 g/mol. The van der Waals surface area contributed by atoms with Crippen molar-refractivity contribution in [3.8, 4) is 0 Å². The Morgan fingerprint density at radius 1 is 1.26 bits per heavy atom. The molecule has 0 aromatic carbocycles. The quantitative estimate of drug-likeness (QED) is 0.366. The lowest BCUT2D eigenvalue weighted by Crippen LogP contribution is -2.48. The van der Waals surface area contributed by atoms with E-state index in [2.05, 4.69) is 10.3 Å². The summed E-state index contributed by atoms with van der Waals surface area (Å²) in [6, 6.07) is 0. The van der Waals surface area contributed by atoms with E-state index in [1.165, 1.54) is 0 Å². The van der Waals surface area contributed by atoms with Crippen molar-refractivity contribution in [3.05, 3.63) is 0 Å². The zero-order chi connectivity index (χ0) is 19.7. The fourth-order valence-electron chi connectivity index (χ4n) is 3.27. The molecule has 0 amide bonds. The molecular formula is C17H32N4O4S2. The number of carbonyl (C=O) groups is 1. The first-order valence-electron chi connectivity index (χ1n) is 9.73. The van der Waals surface area contributed by atoms with E-state index < -0.39 is 10.0 Å². The highest BCUT2D eigenvalue weighted by Crippen LogP contribution is 2.18. The number of likely N-dealkylation sites (tertiary alicyclic amines) is 1. The topological polar surface area (TPSA) is 91.3 Å². The lowest BCUT2D eigenvalue weighted by atomic mass is 9.98. The number of hydrogen-bond donors (Lipinski definition) is 1. The minimum Gasteiger partial charge on any atom is -0.466 e. The fraction of sp³-hybridized carbons (Fsp3) is 0.882. The average Bonchev–Trinajstić information content (AvgIpc) is 2.68. The number of rotatable bonds is 7. The van der Waals surface area contributed by atoms with E-state index in [9.17, 15) is 13.2 Å². The second-order valence-corrected chi connectivity index (χ2v) is 9.91. The second-order valence-electron chi connectivity index (χ2n) is 6.60. The summed E-state index contributed by atoms with van der Waals surface area (Å²) in [5.74, 6) is 2.08. The van der Waals surface area contributed by atoms with Crippen molar-refractivity contribution in [3.63, 3.8) is 0 Å². The second kappa shape index (κ2) is 11.1. The summed E-state index contributed by atoms with van der Waals surface area (Å²) < 4.78 is 31.7. The average molecular weight is 421 g/mol. The smallest absolute Gasteiger partial charge is 0.310 e. The molecule has 2 fully saturated rings. The van der Waals surface area contributed by atoms with Crippen LogP contribution >= 0.6 is 11.8 Å². The summed E-state index contributed by atoms with van der Waals surface area (Å²) in [6.45, 7) is 7.61. The number of piperidine rings is 1. The SMILES string of the molecule is CCNC(=NCCS(=O)(=O)N1CCSCC1)N1CCCC(C(=O)OCC)C1. The van der Waals surface area contributed by atoms with Crippen LogP contribution in [-0.2, 0) is 19.6 Å². The first kappa shape index (κ1) is 22.3. The van der Waals surface area contributed by atoms with E-state index in [1.807, 2.05) is 18.7 Å². The minimum absolute atomic E-state index is 0.0156. The van der Waals surface area contributed by atoms with Crippen LogP contribution < -0.4 is 5.32 Å². The summed E-state index contributed by atoms with van der Waals surface area (Å²) in [7, 11) is -3.26. The van der Waals surface area contributed by atoms with Gasteiger partial charge in [-0.1, -0.05) is 0 Å². The molecule has 0 radical (unpaired) electrons. The molecular weight excluding hydrogens is 388 g/mol. The molecule has 2 heterocycles.